The van der Waals surface area contributed by atoms with Crippen molar-refractivity contribution in [3.63, 3.8) is 0 Å². The predicted octanol–water partition coefficient (Wildman–Crippen LogP) is 3.53. The Morgan fingerprint density at radius 2 is 2.00 bits per heavy atom. The molecule has 22 heavy (non-hydrogen) atoms. The van der Waals surface area contributed by atoms with Crippen molar-refractivity contribution >= 4 is 32.6 Å². The van der Waals surface area contributed by atoms with E-state index < -0.39 is 11.7 Å². The lowest BCUT2D eigenvalue weighted by Crippen LogP contribution is -2.38. The van der Waals surface area contributed by atoms with Crippen LogP contribution in [0.3, 0.4) is 0 Å². The summed E-state index contributed by atoms with van der Waals surface area (Å²) in [7, 11) is 0. The normalized spacial score (nSPS) is 12.0. The van der Waals surface area contributed by atoms with Crippen molar-refractivity contribution < 1.29 is 22.3 Å². The number of nitrogen functional groups attached to an aromatic ring is 1. The first kappa shape index (κ1) is 14.8. The van der Waals surface area contributed by atoms with E-state index in [2.05, 4.69) is 21.1 Å². The van der Waals surface area contributed by atoms with Crippen LogP contribution in [0.4, 0.5) is 18.9 Å². The van der Waals surface area contributed by atoms with Crippen molar-refractivity contribution in [1.82, 2.24) is 5.16 Å². The van der Waals surface area contributed by atoms with Gasteiger partial charge in [-0.05, 0) is 18.2 Å². The summed E-state index contributed by atoms with van der Waals surface area (Å²) < 4.78 is 45.4. The lowest BCUT2D eigenvalue weighted by Gasteiger charge is -2.09. The molecule has 0 fully saturated rings. The summed E-state index contributed by atoms with van der Waals surface area (Å²) in [6.07, 6.45) is -3.08. The molecule has 2 N–H and O–H groups in total. The van der Waals surface area contributed by atoms with Crippen molar-refractivity contribution in [3.8, 4) is 0 Å². The minimum atomic E-state index is -4.50. The topological polar surface area (TPSA) is 55.9 Å². The smallest absolute Gasteiger partial charge is 0.394 e. The van der Waals surface area contributed by atoms with Crippen LogP contribution >= 0.6 is 15.9 Å². The molecule has 2 heterocycles. The van der Waals surface area contributed by atoms with Gasteiger partial charge in [-0.2, -0.15) is 17.7 Å². The molecule has 0 spiro atoms. The summed E-state index contributed by atoms with van der Waals surface area (Å²) in [4.78, 5) is 0. The molecule has 4 nitrogen and oxygen atoms in total. The summed E-state index contributed by atoms with van der Waals surface area (Å²) in [5.74, 6) is 0. The minimum Gasteiger partial charge on any atom is -0.394 e. The fraction of sp³-hybridized carbons (Fsp3) is 0.143. The first-order valence-corrected chi connectivity index (χ1v) is 7.04. The van der Waals surface area contributed by atoms with E-state index >= 15 is 0 Å². The maximum Gasteiger partial charge on any atom is 0.423 e. The fourth-order valence-electron chi connectivity index (χ4n) is 2.18. The molecular formula is C14H10BrF3N3O+. The van der Waals surface area contributed by atoms with Gasteiger partial charge in [-0.25, -0.2) is 0 Å². The van der Waals surface area contributed by atoms with Gasteiger partial charge in [0.1, 0.15) is 5.56 Å². The van der Waals surface area contributed by atoms with Gasteiger partial charge in [-0.1, -0.05) is 17.3 Å². The highest BCUT2D eigenvalue weighted by atomic mass is 79.9. The molecule has 3 aromatic rings. The van der Waals surface area contributed by atoms with E-state index in [1.54, 1.807) is 18.2 Å². The number of pyridine rings is 1. The third-order valence-corrected chi connectivity index (χ3v) is 4.05. The Morgan fingerprint density at radius 1 is 1.27 bits per heavy atom. The largest absolute Gasteiger partial charge is 0.423 e. The number of halogens is 4. The van der Waals surface area contributed by atoms with Crippen LogP contribution in [0.5, 0.6) is 0 Å². The van der Waals surface area contributed by atoms with Crippen LogP contribution in [0, 0.1) is 0 Å². The van der Waals surface area contributed by atoms with Gasteiger partial charge >= 0.3 is 6.18 Å². The average molecular weight is 373 g/mol. The molecule has 2 aromatic heterocycles. The number of nitrogens with zero attached hydrogens (tertiary/aromatic N) is 2. The van der Waals surface area contributed by atoms with Crippen molar-refractivity contribution in [3.05, 3.63) is 52.4 Å². The highest BCUT2D eigenvalue weighted by Crippen LogP contribution is 2.34. The second-order valence-corrected chi connectivity index (χ2v) is 5.48. The number of anilines is 1. The van der Waals surface area contributed by atoms with E-state index in [9.17, 15) is 13.2 Å². The Morgan fingerprint density at radius 3 is 2.73 bits per heavy atom. The van der Waals surface area contributed by atoms with Crippen molar-refractivity contribution in [2.24, 2.45) is 0 Å². The molecule has 0 radical (unpaired) electrons. The number of benzene rings is 1. The van der Waals surface area contributed by atoms with Crippen LogP contribution < -0.4 is 10.3 Å². The Hall–Kier alpha value is -2.09. The average Bonchev–Trinajstić information content (AvgIpc) is 2.85. The molecule has 0 amide bonds. The summed E-state index contributed by atoms with van der Waals surface area (Å²) in [5.41, 5.74) is 5.87. The summed E-state index contributed by atoms with van der Waals surface area (Å²) in [6.45, 7) is 0.103. The Balaban J connectivity index is 2.08. The molecule has 114 valence electrons. The van der Waals surface area contributed by atoms with E-state index in [1.165, 1.54) is 10.8 Å². The zero-order chi connectivity index (χ0) is 15.9. The molecule has 3 rings (SSSR count). The molecule has 0 aliphatic heterocycles. The van der Waals surface area contributed by atoms with Crippen LogP contribution in [-0.2, 0) is 12.7 Å². The van der Waals surface area contributed by atoms with Crippen molar-refractivity contribution in [2.45, 2.75) is 12.7 Å². The third-order valence-electron chi connectivity index (χ3n) is 3.17. The van der Waals surface area contributed by atoms with E-state index in [0.717, 1.165) is 11.5 Å². The first-order valence-electron chi connectivity index (χ1n) is 6.25. The molecule has 1 aromatic carbocycles. The van der Waals surface area contributed by atoms with Crippen molar-refractivity contribution in [2.75, 3.05) is 5.73 Å². The molecule has 0 saturated carbocycles. The van der Waals surface area contributed by atoms with Gasteiger partial charge in [0.2, 0.25) is 0 Å². The Bertz CT molecular complexity index is 845. The zero-order valence-electron chi connectivity index (χ0n) is 11.1. The monoisotopic (exact) mass is 372 g/mol. The first-order chi connectivity index (χ1) is 10.4. The summed E-state index contributed by atoms with van der Waals surface area (Å²) >= 11 is 2.99. The highest BCUT2D eigenvalue weighted by Gasteiger charge is 2.38. The maximum atomic E-state index is 13.0. The SMILES string of the molecule is Nc1cc(C(F)(F)F)c(Br)[n+](Cc2noc3ccccc23)c1. The van der Waals surface area contributed by atoms with Gasteiger partial charge in [-0.15, -0.1) is 0 Å². The Labute approximate surface area is 131 Å². The predicted molar refractivity (Wildman–Crippen MR) is 76.9 cm³/mol. The number of alkyl halides is 3. The number of nitrogens with two attached hydrogens (primary N) is 1. The molecule has 0 unspecified atom stereocenters. The van der Waals surface area contributed by atoms with Crippen LogP contribution in [0.25, 0.3) is 11.0 Å². The maximum absolute atomic E-state index is 13.0. The van der Waals surface area contributed by atoms with Crippen molar-refractivity contribution in [1.29, 1.82) is 0 Å². The molecule has 0 saturated heterocycles. The molecular weight excluding hydrogens is 363 g/mol. The van der Waals surface area contributed by atoms with Gasteiger partial charge in [0.15, 0.2) is 24.0 Å². The third kappa shape index (κ3) is 2.66. The minimum absolute atomic E-state index is 0.0170. The van der Waals surface area contributed by atoms with Gasteiger partial charge in [-0.3, -0.25) is 0 Å². The number of hydrogen-bond donors (Lipinski definition) is 1. The lowest BCUT2D eigenvalue weighted by molar-refractivity contribution is -0.699. The van der Waals surface area contributed by atoms with E-state index in [0.29, 0.717) is 11.3 Å². The molecule has 0 bridgehead atoms. The van der Waals surface area contributed by atoms with Gasteiger partial charge < -0.3 is 10.3 Å². The lowest BCUT2D eigenvalue weighted by atomic mass is 10.2. The van der Waals surface area contributed by atoms with Gasteiger partial charge in [0.05, 0.1) is 11.1 Å². The standard InChI is InChI=1S/C14H10BrF3N3O/c15-13-10(14(16,17)18)5-8(19)6-21(13)7-11-9-3-1-2-4-12(9)22-20-11/h1-6H,7,19H2/q+1. The van der Waals surface area contributed by atoms with Crippen LogP contribution in [0.1, 0.15) is 11.3 Å². The number of para-hydroxylation sites is 1. The molecule has 0 aliphatic rings. The van der Waals surface area contributed by atoms with E-state index in [4.69, 9.17) is 10.3 Å². The second kappa shape index (κ2) is 5.28. The second-order valence-electron chi connectivity index (χ2n) is 4.73. The number of fused-ring (bicyclic) bond motifs is 1. The van der Waals surface area contributed by atoms with E-state index in [1.807, 2.05) is 6.07 Å². The van der Waals surface area contributed by atoms with Crippen LogP contribution in [-0.4, -0.2) is 5.16 Å². The van der Waals surface area contributed by atoms with E-state index in [-0.39, 0.29) is 16.8 Å². The molecule has 8 heteroatoms. The highest BCUT2D eigenvalue weighted by molar-refractivity contribution is 9.10. The van der Waals surface area contributed by atoms with Gasteiger partial charge in [0, 0.05) is 15.9 Å². The van der Waals surface area contributed by atoms with Crippen LogP contribution in [0.15, 0.2) is 45.7 Å². The number of rotatable bonds is 2. The quantitative estimate of drug-likeness (QED) is 0.553. The number of aromatic nitrogens is 2. The van der Waals surface area contributed by atoms with Crippen LogP contribution in [0.2, 0.25) is 0 Å². The zero-order valence-corrected chi connectivity index (χ0v) is 12.6. The summed E-state index contributed by atoms with van der Waals surface area (Å²) in [5, 5.41) is 4.66. The molecule has 0 aliphatic carbocycles. The van der Waals surface area contributed by atoms with Gasteiger partial charge in [0.25, 0.3) is 4.60 Å². The Kier molecular flexibility index (Phi) is 3.56. The fourth-order valence-corrected chi connectivity index (χ4v) is 2.75. The summed E-state index contributed by atoms with van der Waals surface area (Å²) in [6, 6.07) is 8.03. The molecule has 0 atom stereocenters. The number of hydrogen-bond acceptors (Lipinski definition) is 3.